The number of aryl methyl sites for hydroxylation is 2. The van der Waals surface area contributed by atoms with Crippen molar-refractivity contribution < 1.29 is 13.6 Å². The molecule has 2 aromatic carbocycles. The van der Waals surface area contributed by atoms with Gasteiger partial charge in [0.2, 0.25) is 5.76 Å². The van der Waals surface area contributed by atoms with E-state index in [0.717, 1.165) is 24.2 Å². The fourth-order valence-corrected chi connectivity index (χ4v) is 4.29. The van der Waals surface area contributed by atoms with Crippen LogP contribution in [0.4, 0.5) is 4.39 Å². The number of likely N-dealkylation sites (N-methyl/N-ethyl adjacent to an activating group) is 1. The molecule has 1 amide bonds. The Morgan fingerprint density at radius 1 is 1.03 bits per heavy atom. The zero-order valence-corrected chi connectivity index (χ0v) is 18.4. The molecular weight excluding hydrogens is 395 g/mol. The second-order valence-electron chi connectivity index (χ2n) is 8.09. The first-order chi connectivity index (χ1) is 14.8. The average molecular weight is 423 g/mol. The van der Waals surface area contributed by atoms with Crippen molar-refractivity contribution in [3.63, 3.8) is 0 Å². The van der Waals surface area contributed by atoms with Gasteiger partial charge in [0.05, 0.1) is 17.0 Å². The quantitative estimate of drug-likeness (QED) is 0.590. The summed E-state index contributed by atoms with van der Waals surface area (Å²) in [6.07, 6.45) is 0. The van der Waals surface area contributed by atoms with E-state index in [4.69, 9.17) is 4.42 Å². The third-order valence-corrected chi connectivity index (χ3v) is 6.32. The van der Waals surface area contributed by atoms with Gasteiger partial charge in [0.25, 0.3) is 5.91 Å². The normalized spacial score (nSPS) is 15.9. The topological polar surface area (TPSA) is 53.8 Å². The molecule has 4 rings (SSSR count). The van der Waals surface area contributed by atoms with Crippen LogP contribution in [0.25, 0.3) is 11.0 Å². The van der Waals surface area contributed by atoms with Crippen molar-refractivity contribution in [3.8, 4) is 0 Å². The van der Waals surface area contributed by atoms with Crippen molar-refractivity contribution in [3.05, 3.63) is 80.5 Å². The zero-order valence-electron chi connectivity index (χ0n) is 18.4. The highest BCUT2D eigenvalue weighted by atomic mass is 19.1. The van der Waals surface area contributed by atoms with Crippen LogP contribution >= 0.6 is 0 Å². The molecule has 0 bridgehead atoms. The van der Waals surface area contributed by atoms with Gasteiger partial charge in [-0.15, -0.1) is 0 Å². The molecule has 6 heteroatoms. The van der Waals surface area contributed by atoms with E-state index in [9.17, 15) is 14.0 Å². The molecule has 0 unspecified atom stereocenters. The number of nitrogens with zero attached hydrogens (tertiary/aromatic N) is 2. The summed E-state index contributed by atoms with van der Waals surface area (Å²) < 4.78 is 19.6. The predicted octanol–water partition coefficient (Wildman–Crippen LogP) is 4.44. The van der Waals surface area contributed by atoms with E-state index in [1.165, 1.54) is 12.1 Å². The number of halogens is 1. The average Bonchev–Trinajstić information content (AvgIpc) is 3.03. The number of carbonyl (C=O) groups excluding carboxylic acids is 1. The molecular formula is C25H27FN2O3. The second-order valence-corrected chi connectivity index (χ2v) is 8.09. The van der Waals surface area contributed by atoms with E-state index in [1.807, 2.05) is 26.0 Å². The molecule has 1 aromatic heterocycles. The molecule has 1 atom stereocenters. The summed E-state index contributed by atoms with van der Waals surface area (Å²) in [5.74, 6) is -0.567. The van der Waals surface area contributed by atoms with Gasteiger partial charge in [-0.05, 0) is 67.9 Å². The molecule has 0 saturated carbocycles. The molecule has 162 valence electrons. The van der Waals surface area contributed by atoms with Gasteiger partial charge in [-0.2, -0.15) is 0 Å². The lowest BCUT2D eigenvalue weighted by Gasteiger charge is -2.28. The van der Waals surface area contributed by atoms with Crippen LogP contribution in [0.5, 0.6) is 0 Å². The Balaban J connectivity index is 1.89. The fraction of sp³-hybridized carbons (Fsp3) is 0.360. The lowest BCUT2D eigenvalue weighted by Crippen LogP contribution is -2.37. The van der Waals surface area contributed by atoms with Crippen LogP contribution < -0.4 is 5.43 Å². The molecule has 0 radical (unpaired) electrons. The van der Waals surface area contributed by atoms with Gasteiger partial charge in [-0.3, -0.25) is 9.59 Å². The first-order valence-electron chi connectivity index (χ1n) is 10.7. The van der Waals surface area contributed by atoms with Crippen molar-refractivity contribution >= 4 is 16.9 Å². The van der Waals surface area contributed by atoms with Crippen LogP contribution in [-0.2, 0) is 0 Å². The Kier molecular flexibility index (Phi) is 5.67. The standard InChI is InChI=1S/C25H27FN2O3/c1-5-27(6-2)11-12-28-22(17-7-9-18(26)10-8-17)21-23(29)19-13-15(3)16(4)14-20(19)31-24(21)25(28)30/h7-10,13-14,22H,5-6,11-12H2,1-4H3/t22-/m1/s1. The van der Waals surface area contributed by atoms with Gasteiger partial charge in [0.1, 0.15) is 11.4 Å². The van der Waals surface area contributed by atoms with Gasteiger partial charge in [0, 0.05) is 13.1 Å². The molecule has 3 aromatic rings. The number of fused-ring (bicyclic) bond motifs is 2. The maximum absolute atomic E-state index is 13.6. The maximum atomic E-state index is 13.6. The summed E-state index contributed by atoms with van der Waals surface area (Å²) in [5.41, 5.74) is 3.24. The number of amides is 1. The van der Waals surface area contributed by atoms with Gasteiger partial charge < -0.3 is 14.2 Å². The first-order valence-corrected chi connectivity index (χ1v) is 10.7. The van der Waals surface area contributed by atoms with Crippen molar-refractivity contribution in [2.45, 2.75) is 33.7 Å². The molecule has 31 heavy (non-hydrogen) atoms. The van der Waals surface area contributed by atoms with Gasteiger partial charge in [0.15, 0.2) is 5.43 Å². The summed E-state index contributed by atoms with van der Waals surface area (Å²) in [6.45, 7) is 10.9. The molecule has 0 fully saturated rings. The van der Waals surface area contributed by atoms with E-state index in [2.05, 4.69) is 18.7 Å². The van der Waals surface area contributed by atoms with E-state index in [0.29, 0.717) is 35.2 Å². The highest BCUT2D eigenvalue weighted by Crippen LogP contribution is 2.38. The maximum Gasteiger partial charge on any atom is 0.290 e. The number of benzene rings is 2. The third-order valence-electron chi connectivity index (χ3n) is 6.32. The van der Waals surface area contributed by atoms with Crippen LogP contribution in [0.15, 0.2) is 45.6 Å². The molecule has 2 heterocycles. The minimum atomic E-state index is -0.596. The molecule has 0 N–H and O–H groups in total. The lowest BCUT2D eigenvalue weighted by atomic mass is 9.97. The highest BCUT2D eigenvalue weighted by molar-refractivity contribution is 5.99. The monoisotopic (exact) mass is 422 g/mol. The largest absolute Gasteiger partial charge is 0.450 e. The van der Waals surface area contributed by atoms with Gasteiger partial charge in [-0.25, -0.2) is 4.39 Å². The molecule has 0 aliphatic carbocycles. The van der Waals surface area contributed by atoms with Gasteiger partial charge in [-0.1, -0.05) is 26.0 Å². The minimum Gasteiger partial charge on any atom is -0.450 e. The van der Waals surface area contributed by atoms with Crippen LogP contribution in [0, 0.1) is 19.7 Å². The van der Waals surface area contributed by atoms with E-state index < -0.39 is 6.04 Å². The minimum absolute atomic E-state index is 0.0922. The summed E-state index contributed by atoms with van der Waals surface area (Å²) >= 11 is 0. The first kappa shape index (κ1) is 21.2. The zero-order chi connectivity index (χ0) is 22.3. The number of rotatable bonds is 6. The van der Waals surface area contributed by atoms with Crippen molar-refractivity contribution in [2.24, 2.45) is 0 Å². The van der Waals surface area contributed by atoms with Crippen LogP contribution in [0.1, 0.15) is 52.7 Å². The number of hydrogen-bond donors (Lipinski definition) is 0. The molecule has 0 spiro atoms. The number of carbonyl (C=O) groups is 1. The highest BCUT2D eigenvalue weighted by Gasteiger charge is 2.42. The third kappa shape index (κ3) is 3.65. The lowest BCUT2D eigenvalue weighted by molar-refractivity contribution is 0.0708. The molecule has 0 saturated heterocycles. The summed E-state index contributed by atoms with van der Waals surface area (Å²) in [6, 6.07) is 9.02. The van der Waals surface area contributed by atoms with Crippen molar-refractivity contribution in [2.75, 3.05) is 26.2 Å². The van der Waals surface area contributed by atoms with Crippen molar-refractivity contribution in [1.29, 1.82) is 0 Å². The van der Waals surface area contributed by atoms with E-state index in [1.54, 1.807) is 17.0 Å². The Morgan fingerprint density at radius 3 is 2.32 bits per heavy atom. The SMILES string of the molecule is CCN(CC)CCN1C(=O)c2oc3cc(C)c(C)cc3c(=O)c2[C@H]1c1ccc(F)cc1. The van der Waals surface area contributed by atoms with Crippen LogP contribution in [-0.4, -0.2) is 41.9 Å². The Hall–Kier alpha value is -2.99. The van der Waals surface area contributed by atoms with E-state index >= 15 is 0 Å². The van der Waals surface area contributed by atoms with Crippen molar-refractivity contribution in [1.82, 2.24) is 9.80 Å². The smallest absolute Gasteiger partial charge is 0.290 e. The predicted molar refractivity (Wildman–Crippen MR) is 119 cm³/mol. The summed E-state index contributed by atoms with van der Waals surface area (Å²) in [7, 11) is 0. The molecule has 1 aliphatic heterocycles. The fourth-order valence-electron chi connectivity index (χ4n) is 4.29. The Morgan fingerprint density at radius 2 is 1.68 bits per heavy atom. The van der Waals surface area contributed by atoms with Gasteiger partial charge >= 0.3 is 0 Å². The molecule has 1 aliphatic rings. The van der Waals surface area contributed by atoms with Crippen LogP contribution in [0.2, 0.25) is 0 Å². The molecule has 5 nitrogen and oxygen atoms in total. The van der Waals surface area contributed by atoms with Crippen LogP contribution in [0.3, 0.4) is 0 Å². The summed E-state index contributed by atoms with van der Waals surface area (Å²) in [4.78, 5) is 30.8. The Bertz CT molecular complexity index is 1200. The number of hydrogen-bond acceptors (Lipinski definition) is 4. The second kappa shape index (κ2) is 8.27. The summed E-state index contributed by atoms with van der Waals surface area (Å²) in [5, 5.41) is 0.465. The van der Waals surface area contributed by atoms with E-state index in [-0.39, 0.29) is 22.9 Å². The Labute approximate surface area is 181 Å².